The maximum Gasteiger partial charge on any atom is 0.318 e. The molecule has 18 heavy (non-hydrogen) atoms. The van der Waals surface area contributed by atoms with Crippen LogP contribution in [0.4, 0.5) is 0 Å². The van der Waals surface area contributed by atoms with Crippen molar-refractivity contribution in [1.82, 2.24) is 19.7 Å². The molecule has 0 saturated carbocycles. The first-order valence-corrected chi connectivity index (χ1v) is 6.22. The molecule has 6 heteroatoms. The van der Waals surface area contributed by atoms with Gasteiger partial charge in [0.2, 0.25) is 0 Å². The van der Waals surface area contributed by atoms with Gasteiger partial charge in [0.25, 0.3) is 0 Å². The molecule has 0 spiro atoms. The molecule has 0 aromatic carbocycles. The van der Waals surface area contributed by atoms with Crippen molar-refractivity contribution in [3.63, 3.8) is 0 Å². The third-order valence-corrected chi connectivity index (χ3v) is 2.91. The standard InChI is InChI=1S/C12H15ClN4O/c1-4-8-6-9(5-2)17(16-8)11-10(13)7-14-12(15-11)18-3/h6-7H,4-5H2,1-3H3. The molecular weight excluding hydrogens is 252 g/mol. The molecule has 0 unspecified atom stereocenters. The van der Waals surface area contributed by atoms with E-state index in [1.54, 1.807) is 4.68 Å². The van der Waals surface area contributed by atoms with Crippen LogP contribution < -0.4 is 4.74 Å². The van der Waals surface area contributed by atoms with E-state index in [0.29, 0.717) is 10.8 Å². The van der Waals surface area contributed by atoms with Crippen molar-refractivity contribution in [3.8, 4) is 11.8 Å². The lowest BCUT2D eigenvalue weighted by Crippen LogP contribution is -2.06. The van der Waals surface area contributed by atoms with Crippen molar-refractivity contribution in [2.24, 2.45) is 0 Å². The largest absolute Gasteiger partial charge is 0.467 e. The summed E-state index contributed by atoms with van der Waals surface area (Å²) >= 11 is 6.13. The Morgan fingerprint density at radius 1 is 1.33 bits per heavy atom. The highest BCUT2D eigenvalue weighted by Crippen LogP contribution is 2.21. The Bertz CT molecular complexity index is 553. The molecule has 0 aliphatic rings. The topological polar surface area (TPSA) is 52.8 Å². The van der Waals surface area contributed by atoms with Crippen LogP contribution >= 0.6 is 11.6 Å². The Labute approximate surface area is 111 Å². The van der Waals surface area contributed by atoms with Gasteiger partial charge in [-0.2, -0.15) is 10.1 Å². The van der Waals surface area contributed by atoms with Crippen LogP contribution in [0.1, 0.15) is 25.2 Å². The maximum absolute atomic E-state index is 6.13. The third kappa shape index (κ3) is 2.31. The lowest BCUT2D eigenvalue weighted by Gasteiger charge is -2.07. The fraction of sp³-hybridized carbons (Fsp3) is 0.417. The Morgan fingerprint density at radius 2 is 2.11 bits per heavy atom. The van der Waals surface area contributed by atoms with Gasteiger partial charge < -0.3 is 4.74 Å². The summed E-state index contributed by atoms with van der Waals surface area (Å²) in [5, 5.41) is 4.95. The van der Waals surface area contributed by atoms with E-state index in [0.717, 1.165) is 24.2 Å². The highest BCUT2D eigenvalue weighted by Gasteiger charge is 2.13. The minimum atomic E-state index is 0.282. The van der Waals surface area contributed by atoms with Gasteiger partial charge in [0, 0.05) is 5.69 Å². The summed E-state index contributed by atoms with van der Waals surface area (Å²) in [5.74, 6) is 0.556. The zero-order chi connectivity index (χ0) is 13.1. The van der Waals surface area contributed by atoms with Crippen molar-refractivity contribution in [1.29, 1.82) is 0 Å². The zero-order valence-corrected chi connectivity index (χ0v) is 11.4. The molecule has 0 saturated heterocycles. The monoisotopic (exact) mass is 266 g/mol. The SMILES string of the molecule is CCc1cc(CC)n(-c2nc(OC)ncc2Cl)n1. The highest BCUT2D eigenvalue weighted by molar-refractivity contribution is 6.32. The summed E-state index contributed by atoms with van der Waals surface area (Å²) in [4.78, 5) is 8.21. The van der Waals surface area contributed by atoms with Gasteiger partial charge in [-0.15, -0.1) is 0 Å². The molecule has 2 aromatic heterocycles. The van der Waals surface area contributed by atoms with Crippen molar-refractivity contribution in [2.75, 3.05) is 7.11 Å². The lowest BCUT2D eigenvalue weighted by molar-refractivity contribution is 0.378. The normalized spacial score (nSPS) is 10.7. The minimum absolute atomic E-state index is 0.282. The van der Waals surface area contributed by atoms with Crippen LogP contribution in [-0.4, -0.2) is 26.9 Å². The quantitative estimate of drug-likeness (QED) is 0.853. The second-order valence-electron chi connectivity index (χ2n) is 3.77. The van der Waals surface area contributed by atoms with Crippen LogP contribution in [0.25, 0.3) is 5.82 Å². The zero-order valence-electron chi connectivity index (χ0n) is 10.6. The Hall–Kier alpha value is -1.62. The molecule has 0 bridgehead atoms. The second-order valence-corrected chi connectivity index (χ2v) is 4.18. The van der Waals surface area contributed by atoms with Gasteiger partial charge in [0.1, 0.15) is 5.02 Å². The van der Waals surface area contributed by atoms with Gasteiger partial charge in [0.05, 0.1) is 19.0 Å². The number of aryl methyl sites for hydroxylation is 2. The van der Waals surface area contributed by atoms with E-state index in [1.165, 1.54) is 13.3 Å². The van der Waals surface area contributed by atoms with E-state index in [2.05, 4.69) is 35.0 Å². The summed E-state index contributed by atoms with van der Waals surface area (Å²) in [6, 6.07) is 2.34. The van der Waals surface area contributed by atoms with E-state index in [1.807, 2.05) is 0 Å². The summed E-state index contributed by atoms with van der Waals surface area (Å²) < 4.78 is 6.77. The molecule has 0 radical (unpaired) electrons. The first kappa shape index (κ1) is 12.8. The first-order valence-electron chi connectivity index (χ1n) is 5.84. The summed E-state index contributed by atoms with van der Waals surface area (Å²) in [6.07, 6.45) is 3.25. The molecule has 0 aliphatic heterocycles. The Kier molecular flexibility index (Phi) is 3.81. The Morgan fingerprint density at radius 3 is 2.72 bits per heavy atom. The van der Waals surface area contributed by atoms with Gasteiger partial charge in [-0.1, -0.05) is 25.4 Å². The molecule has 0 fully saturated rings. The van der Waals surface area contributed by atoms with Crippen molar-refractivity contribution < 1.29 is 4.74 Å². The fourth-order valence-electron chi connectivity index (χ4n) is 1.67. The smallest absolute Gasteiger partial charge is 0.318 e. The summed E-state index contributed by atoms with van der Waals surface area (Å²) in [7, 11) is 1.52. The van der Waals surface area contributed by atoms with Crippen LogP contribution in [0.3, 0.4) is 0 Å². The molecule has 5 nitrogen and oxygen atoms in total. The summed E-state index contributed by atoms with van der Waals surface area (Å²) in [5.41, 5.74) is 2.08. The molecule has 0 amide bonds. The number of rotatable bonds is 4. The molecule has 2 heterocycles. The number of hydrogen-bond donors (Lipinski definition) is 0. The third-order valence-electron chi connectivity index (χ3n) is 2.64. The number of methoxy groups -OCH3 is 1. The minimum Gasteiger partial charge on any atom is -0.467 e. The molecule has 0 aliphatic carbocycles. The van der Waals surface area contributed by atoms with Gasteiger partial charge >= 0.3 is 6.01 Å². The predicted molar refractivity (Wildman–Crippen MR) is 69.5 cm³/mol. The molecular formula is C12H15ClN4O. The van der Waals surface area contributed by atoms with Crippen LogP contribution in [0.2, 0.25) is 5.02 Å². The van der Waals surface area contributed by atoms with Crippen LogP contribution in [0.5, 0.6) is 6.01 Å². The van der Waals surface area contributed by atoms with Gasteiger partial charge in [-0.3, -0.25) is 0 Å². The number of hydrogen-bond acceptors (Lipinski definition) is 4. The molecule has 2 rings (SSSR count). The highest BCUT2D eigenvalue weighted by atomic mass is 35.5. The fourth-order valence-corrected chi connectivity index (χ4v) is 1.84. The molecule has 0 N–H and O–H groups in total. The maximum atomic E-state index is 6.13. The van der Waals surface area contributed by atoms with E-state index in [4.69, 9.17) is 16.3 Å². The second kappa shape index (κ2) is 5.35. The number of halogens is 1. The van der Waals surface area contributed by atoms with Crippen molar-refractivity contribution in [3.05, 3.63) is 28.7 Å². The average molecular weight is 267 g/mol. The van der Waals surface area contributed by atoms with E-state index in [9.17, 15) is 0 Å². The van der Waals surface area contributed by atoms with E-state index in [-0.39, 0.29) is 6.01 Å². The van der Waals surface area contributed by atoms with Gasteiger partial charge in [-0.05, 0) is 18.9 Å². The van der Waals surface area contributed by atoms with Gasteiger partial charge in [0.15, 0.2) is 5.82 Å². The van der Waals surface area contributed by atoms with E-state index < -0.39 is 0 Å². The number of ether oxygens (including phenoxy) is 1. The number of aromatic nitrogens is 4. The molecule has 2 aromatic rings. The molecule has 0 atom stereocenters. The van der Waals surface area contributed by atoms with Crippen LogP contribution in [-0.2, 0) is 12.8 Å². The van der Waals surface area contributed by atoms with Crippen LogP contribution in [0.15, 0.2) is 12.3 Å². The van der Waals surface area contributed by atoms with Crippen molar-refractivity contribution >= 4 is 11.6 Å². The average Bonchev–Trinajstić information content (AvgIpc) is 2.82. The van der Waals surface area contributed by atoms with Crippen molar-refractivity contribution in [2.45, 2.75) is 26.7 Å². The number of nitrogens with zero attached hydrogens (tertiary/aromatic N) is 4. The van der Waals surface area contributed by atoms with Gasteiger partial charge in [-0.25, -0.2) is 9.67 Å². The lowest BCUT2D eigenvalue weighted by atomic mass is 10.2. The first-order chi connectivity index (χ1) is 8.69. The van der Waals surface area contributed by atoms with E-state index >= 15 is 0 Å². The van der Waals surface area contributed by atoms with Crippen LogP contribution in [0, 0.1) is 0 Å². The Balaban J connectivity index is 2.56. The summed E-state index contributed by atoms with van der Waals surface area (Å²) in [6.45, 7) is 4.13. The predicted octanol–water partition coefficient (Wildman–Crippen LogP) is 2.45. The molecule has 96 valence electrons.